The molecule has 0 unspecified atom stereocenters. The highest BCUT2D eigenvalue weighted by atomic mass is 32.1. The van der Waals surface area contributed by atoms with Crippen LogP contribution >= 0.6 is 11.5 Å². The standard InChI is InChI=1S/C8H11N5OS/c1-9-4-2-3-7-11-12-8(14-7)6-5-15-13-10-6/h5,9H,2-4H2,1H3. The van der Waals surface area contributed by atoms with Crippen LogP contribution in [0.1, 0.15) is 12.3 Å². The van der Waals surface area contributed by atoms with Crippen LogP contribution < -0.4 is 5.32 Å². The van der Waals surface area contributed by atoms with Crippen molar-refractivity contribution < 1.29 is 4.42 Å². The van der Waals surface area contributed by atoms with Crippen molar-refractivity contribution in [2.75, 3.05) is 13.6 Å². The van der Waals surface area contributed by atoms with Crippen molar-refractivity contribution in [3.05, 3.63) is 11.3 Å². The highest BCUT2D eigenvalue weighted by Crippen LogP contribution is 2.16. The fraction of sp³-hybridized carbons (Fsp3) is 0.500. The summed E-state index contributed by atoms with van der Waals surface area (Å²) in [4.78, 5) is 0. The van der Waals surface area contributed by atoms with Gasteiger partial charge in [0.25, 0.3) is 5.89 Å². The maximum Gasteiger partial charge on any atom is 0.269 e. The van der Waals surface area contributed by atoms with Crippen molar-refractivity contribution in [2.45, 2.75) is 12.8 Å². The van der Waals surface area contributed by atoms with Gasteiger partial charge in [0, 0.05) is 11.8 Å². The van der Waals surface area contributed by atoms with Gasteiger partial charge in [0.05, 0.1) is 0 Å². The number of hydrogen-bond acceptors (Lipinski definition) is 7. The van der Waals surface area contributed by atoms with E-state index in [0.29, 0.717) is 17.5 Å². The Kier molecular flexibility index (Phi) is 3.36. The van der Waals surface area contributed by atoms with E-state index >= 15 is 0 Å². The first-order valence-electron chi connectivity index (χ1n) is 4.64. The van der Waals surface area contributed by atoms with Crippen LogP contribution in [0.4, 0.5) is 0 Å². The minimum atomic E-state index is 0.447. The van der Waals surface area contributed by atoms with Gasteiger partial charge >= 0.3 is 0 Å². The zero-order valence-corrected chi connectivity index (χ0v) is 9.12. The first-order valence-corrected chi connectivity index (χ1v) is 5.48. The third kappa shape index (κ3) is 2.57. The number of aromatic nitrogens is 4. The van der Waals surface area contributed by atoms with Crippen molar-refractivity contribution in [2.24, 2.45) is 0 Å². The van der Waals surface area contributed by atoms with Gasteiger partial charge in [-0.2, -0.15) is 0 Å². The van der Waals surface area contributed by atoms with Gasteiger partial charge in [-0.15, -0.1) is 15.3 Å². The van der Waals surface area contributed by atoms with E-state index in [1.165, 1.54) is 11.5 Å². The second-order valence-corrected chi connectivity index (χ2v) is 3.61. The minimum absolute atomic E-state index is 0.447. The summed E-state index contributed by atoms with van der Waals surface area (Å²) in [5, 5.41) is 16.5. The summed E-state index contributed by atoms with van der Waals surface area (Å²) in [7, 11) is 1.92. The molecule has 0 bridgehead atoms. The molecule has 2 rings (SSSR count). The Morgan fingerprint density at radius 3 is 3.07 bits per heavy atom. The van der Waals surface area contributed by atoms with Gasteiger partial charge in [-0.3, -0.25) is 0 Å². The van der Waals surface area contributed by atoms with Crippen LogP contribution in [0.5, 0.6) is 0 Å². The molecule has 0 radical (unpaired) electrons. The molecule has 0 spiro atoms. The van der Waals surface area contributed by atoms with Gasteiger partial charge in [0.1, 0.15) is 0 Å². The van der Waals surface area contributed by atoms with Gasteiger partial charge in [0.15, 0.2) is 5.69 Å². The van der Waals surface area contributed by atoms with Crippen LogP contribution in [0.15, 0.2) is 9.80 Å². The van der Waals surface area contributed by atoms with Crippen LogP contribution in [-0.2, 0) is 6.42 Å². The number of nitrogens with zero attached hydrogens (tertiary/aromatic N) is 4. The molecule has 0 aliphatic carbocycles. The lowest BCUT2D eigenvalue weighted by atomic mass is 10.3. The molecular weight excluding hydrogens is 214 g/mol. The molecule has 80 valence electrons. The third-order valence-corrected chi connectivity index (χ3v) is 2.37. The van der Waals surface area contributed by atoms with E-state index in [1.807, 2.05) is 7.05 Å². The van der Waals surface area contributed by atoms with Crippen LogP contribution in [0.2, 0.25) is 0 Å². The molecule has 0 saturated heterocycles. The van der Waals surface area contributed by atoms with Crippen molar-refractivity contribution in [3.8, 4) is 11.6 Å². The second-order valence-electron chi connectivity index (χ2n) is 3.00. The fourth-order valence-electron chi connectivity index (χ4n) is 1.13. The lowest BCUT2D eigenvalue weighted by Crippen LogP contribution is -2.08. The number of rotatable bonds is 5. The summed E-state index contributed by atoms with van der Waals surface area (Å²) in [6, 6.07) is 0. The monoisotopic (exact) mass is 225 g/mol. The number of nitrogens with one attached hydrogen (secondary N) is 1. The zero-order chi connectivity index (χ0) is 10.5. The normalized spacial score (nSPS) is 10.7. The highest BCUT2D eigenvalue weighted by molar-refractivity contribution is 7.03. The van der Waals surface area contributed by atoms with Crippen molar-refractivity contribution in [1.82, 2.24) is 25.1 Å². The smallest absolute Gasteiger partial charge is 0.269 e. The predicted molar refractivity (Wildman–Crippen MR) is 55.4 cm³/mol. The van der Waals surface area contributed by atoms with Gasteiger partial charge in [-0.1, -0.05) is 4.49 Å². The Morgan fingerprint density at radius 1 is 1.40 bits per heavy atom. The van der Waals surface area contributed by atoms with E-state index in [2.05, 4.69) is 25.1 Å². The maximum atomic E-state index is 5.43. The quantitative estimate of drug-likeness (QED) is 0.756. The molecule has 0 atom stereocenters. The first kappa shape index (κ1) is 10.2. The Balaban J connectivity index is 1.98. The maximum absolute atomic E-state index is 5.43. The zero-order valence-electron chi connectivity index (χ0n) is 8.30. The Morgan fingerprint density at radius 2 is 2.33 bits per heavy atom. The topological polar surface area (TPSA) is 76.7 Å². The Labute approximate surface area is 90.9 Å². The number of hydrogen-bond donors (Lipinski definition) is 1. The summed E-state index contributed by atoms with van der Waals surface area (Å²) < 4.78 is 9.17. The van der Waals surface area contributed by atoms with Crippen LogP contribution in [0, 0.1) is 0 Å². The molecule has 0 aliphatic rings. The average molecular weight is 225 g/mol. The lowest BCUT2D eigenvalue weighted by molar-refractivity contribution is 0.493. The SMILES string of the molecule is CNCCCc1nnc(-c2csnn2)o1. The van der Waals surface area contributed by atoms with Crippen LogP contribution in [0.25, 0.3) is 11.6 Å². The van der Waals surface area contributed by atoms with E-state index in [0.717, 1.165) is 19.4 Å². The second kappa shape index (κ2) is 4.94. The van der Waals surface area contributed by atoms with E-state index in [4.69, 9.17) is 4.42 Å². The molecule has 1 N–H and O–H groups in total. The van der Waals surface area contributed by atoms with E-state index in [1.54, 1.807) is 5.38 Å². The van der Waals surface area contributed by atoms with Gasteiger partial charge in [-0.05, 0) is 31.5 Å². The largest absolute Gasteiger partial charge is 0.419 e. The van der Waals surface area contributed by atoms with Crippen molar-refractivity contribution in [1.29, 1.82) is 0 Å². The molecule has 0 fully saturated rings. The van der Waals surface area contributed by atoms with E-state index in [-0.39, 0.29) is 0 Å². The summed E-state index contributed by atoms with van der Waals surface area (Å²) in [5.41, 5.74) is 0.646. The first-order chi connectivity index (χ1) is 7.40. The van der Waals surface area contributed by atoms with Gasteiger partial charge in [-0.25, -0.2) is 0 Å². The van der Waals surface area contributed by atoms with Crippen LogP contribution in [0.3, 0.4) is 0 Å². The summed E-state index contributed by atoms with van der Waals surface area (Å²) in [5.74, 6) is 1.09. The molecule has 7 heteroatoms. The van der Waals surface area contributed by atoms with E-state index < -0.39 is 0 Å². The van der Waals surface area contributed by atoms with Crippen LogP contribution in [-0.4, -0.2) is 33.4 Å². The number of aryl methyl sites for hydroxylation is 1. The molecule has 2 aromatic heterocycles. The molecule has 0 aromatic carbocycles. The van der Waals surface area contributed by atoms with Gasteiger partial charge < -0.3 is 9.73 Å². The van der Waals surface area contributed by atoms with Crippen molar-refractivity contribution >= 4 is 11.5 Å². The van der Waals surface area contributed by atoms with Gasteiger partial charge in [0.2, 0.25) is 5.89 Å². The van der Waals surface area contributed by atoms with E-state index in [9.17, 15) is 0 Å². The minimum Gasteiger partial charge on any atom is -0.419 e. The Bertz CT molecular complexity index is 399. The predicted octanol–water partition coefficient (Wildman–Crippen LogP) is 0.740. The fourth-order valence-corrected chi connectivity index (χ4v) is 1.56. The Hall–Kier alpha value is -1.34. The summed E-state index contributed by atoms with van der Waals surface area (Å²) in [6.07, 6.45) is 1.76. The summed E-state index contributed by atoms with van der Waals surface area (Å²) in [6.45, 7) is 0.940. The third-order valence-electron chi connectivity index (χ3n) is 1.86. The van der Waals surface area contributed by atoms with Crippen molar-refractivity contribution in [3.63, 3.8) is 0 Å². The molecular formula is C8H11N5OS. The lowest BCUT2D eigenvalue weighted by Gasteiger charge is -1.93. The summed E-state index contributed by atoms with van der Waals surface area (Å²) >= 11 is 1.27. The molecule has 0 saturated carbocycles. The molecule has 0 amide bonds. The average Bonchev–Trinajstić information content (AvgIpc) is 2.87. The molecule has 2 aromatic rings. The molecule has 2 heterocycles. The molecule has 6 nitrogen and oxygen atoms in total. The molecule has 0 aliphatic heterocycles. The molecule has 15 heavy (non-hydrogen) atoms. The highest BCUT2D eigenvalue weighted by Gasteiger charge is 2.10.